The number of anilines is 1. The van der Waals surface area contributed by atoms with Crippen molar-refractivity contribution in [1.82, 2.24) is 25.3 Å². The van der Waals surface area contributed by atoms with Crippen molar-refractivity contribution in [3.63, 3.8) is 0 Å². The molecule has 0 saturated carbocycles. The van der Waals surface area contributed by atoms with Crippen LogP contribution in [0.25, 0.3) is 21.6 Å². The van der Waals surface area contributed by atoms with E-state index in [1.165, 1.54) is 23.5 Å². The highest BCUT2D eigenvalue weighted by molar-refractivity contribution is 7.13. The Morgan fingerprint density at radius 3 is 2.75 bits per heavy atom. The van der Waals surface area contributed by atoms with Gasteiger partial charge in [0.2, 0.25) is 5.95 Å². The number of amides is 1. The fraction of sp³-hybridized carbons (Fsp3) is 0.105. The highest BCUT2D eigenvalue weighted by Crippen LogP contribution is 2.22. The van der Waals surface area contributed by atoms with Gasteiger partial charge in [0.25, 0.3) is 5.91 Å². The molecule has 9 heteroatoms. The predicted molar refractivity (Wildman–Crippen MR) is 105 cm³/mol. The van der Waals surface area contributed by atoms with E-state index in [4.69, 9.17) is 5.73 Å². The maximum absolute atomic E-state index is 14.0. The van der Waals surface area contributed by atoms with Crippen LogP contribution in [0.2, 0.25) is 0 Å². The summed E-state index contributed by atoms with van der Waals surface area (Å²) in [6.07, 6.45) is 0. The molecule has 28 heavy (non-hydrogen) atoms. The van der Waals surface area contributed by atoms with E-state index >= 15 is 0 Å². The number of nitrogens with one attached hydrogen (secondary N) is 1. The fourth-order valence-corrected chi connectivity index (χ4v) is 3.50. The van der Waals surface area contributed by atoms with Crippen LogP contribution < -0.4 is 11.1 Å². The third-order valence-electron chi connectivity index (χ3n) is 3.98. The van der Waals surface area contributed by atoms with Gasteiger partial charge in [-0.25, -0.2) is 24.3 Å². The van der Waals surface area contributed by atoms with Crippen molar-refractivity contribution >= 4 is 34.1 Å². The Labute approximate surface area is 163 Å². The van der Waals surface area contributed by atoms with Crippen molar-refractivity contribution in [1.29, 1.82) is 0 Å². The number of carbonyl (C=O) groups excluding carboxylic acids is 1. The van der Waals surface area contributed by atoms with Crippen LogP contribution in [0.3, 0.4) is 0 Å². The Morgan fingerprint density at radius 1 is 1.14 bits per heavy atom. The summed E-state index contributed by atoms with van der Waals surface area (Å²) < 4.78 is 14.0. The summed E-state index contributed by atoms with van der Waals surface area (Å²) in [6, 6.07) is 9.85. The van der Waals surface area contributed by atoms with E-state index in [1.54, 1.807) is 12.1 Å². The van der Waals surface area contributed by atoms with Crippen LogP contribution in [0.15, 0.2) is 41.8 Å². The molecular formula is C19H15FN6OS. The van der Waals surface area contributed by atoms with E-state index in [2.05, 4.69) is 25.3 Å². The Kier molecular flexibility index (Phi) is 4.66. The molecule has 0 aliphatic carbocycles. The van der Waals surface area contributed by atoms with Crippen LogP contribution in [-0.4, -0.2) is 25.8 Å². The monoisotopic (exact) mass is 394 g/mol. The lowest BCUT2D eigenvalue weighted by Crippen LogP contribution is -2.25. The lowest BCUT2D eigenvalue weighted by Gasteiger charge is -2.08. The number of hydrogen-bond donors (Lipinski definition) is 2. The summed E-state index contributed by atoms with van der Waals surface area (Å²) in [5, 5.41) is 5.82. The number of nitrogen functional groups attached to an aromatic ring is 1. The number of hydrogen-bond acceptors (Lipinski definition) is 7. The molecule has 1 amide bonds. The molecule has 0 fully saturated rings. The van der Waals surface area contributed by atoms with Gasteiger partial charge >= 0.3 is 0 Å². The second-order valence-corrected chi connectivity index (χ2v) is 6.92. The van der Waals surface area contributed by atoms with Crippen molar-refractivity contribution in [3.05, 3.63) is 64.7 Å². The molecule has 3 heterocycles. The first kappa shape index (κ1) is 17.9. The van der Waals surface area contributed by atoms with Crippen LogP contribution >= 0.6 is 11.3 Å². The first-order chi connectivity index (χ1) is 13.5. The second kappa shape index (κ2) is 7.28. The number of nitrogens with zero attached hydrogens (tertiary/aromatic N) is 4. The summed E-state index contributed by atoms with van der Waals surface area (Å²) >= 11 is 1.51. The lowest BCUT2D eigenvalue weighted by atomic mass is 10.1. The maximum Gasteiger partial charge on any atom is 0.271 e. The normalized spacial score (nSPS) is 10.9. The first-order valence-electron chi connectivity index (χ1n) is 8.39. The van der Waals surface area contributed by atoms with E-state index in [-0.39, 0.29) is 23.7 Å². The zero-order valence-corrected chi connectivity index (χ0v) is 15.6. The largest absolute Gasteiger partial charge is 0.368 e. The number of aromatic nitrogens is 4. The van der Waals surface area contributed by atoms with E-state index in [0.29, 0.717) is 11.1 Å². The number of rotatable bonds is 4. The van der Waals surface area contributed by atoms with Crippen molar-refractivity contribution in [2.45, 2.75) is 13.5 Å². The summed E-state index contributed by atoms with van der Waals surface area (Å²) in [5.74, 6) is -1.21. The summed E-state index contributed by atoms with van der Waals surface area (Å²) in [7, 11) is 0. The third kappa shape index (κ3) is 3.52. The number of pyridine rings is 1. The minimum atomic E-state index is -0.561. The molecule has 0 unspecified atom stereocenters. The number of carbonyl (C=O) groups is 1. The maximum atomic E-state index is 14.0. The topological polar surface area (TPSA) is 107 Å². The SMILES string of the molecule is Cc1csc(-c2cccc(CNC(=O)c3nc(N)nc4c(F)cccc34)n2)n1. The van der Waals surface area contributed by atoms with Gasteiger partial charge in [-0.05, 0) is 25.1 Å². The van der Waals surface area contributed by atoms with Gasteiger partial charge in [-0.15, -0.1) is 11.3 Å². The summed E-state index contributed by atoms with van der Waals surface area (Å²) in [6.45, 7) is 2.10. The van der Waals surface area contributed by atoms with Crippen molar-refractivity contribution in [3.8, 4) is 10.7 Å². The van der Waals surface area contributed by atoms with Crippen LogP contribution in [0.1, 0.15) is 21.9 Å². The van der Waals surface area contributed by atoms with Gasteiger partial charge in [-0.1, -0.05) is 18.2 Å². The highest BCUT2D eigenvalue weighted by atomic mass is 32.1. The number of halogens is 1. The summed E-state index contributed by atoms with van der Waals surface area (Å²) in [4.78, 5) is 29.4. The lowest BCUT2D eigenvalue weighted by molar-refractivity contribution is 0.0947. The smallest absolute Gasteiger partial charge is 0.271 e. The Balaban J connectivity index is 1.57. The zero-order valence-electron chi connectivity index (χ0n) is 14.8. The first-order valence-corrected chi connectivity index (χ1v) is 9.27. The third-order valence-corrected chi connectivity index (χ3v) is 4.97. The van der Waals surface area contributed by atoms with Gasteiger partial charge in [0.05, 0.1) is 17.9 Å². The van der Waals surface area contributed by atoms with Gasteiger partial charge in [-0.2, -0.15) is 0 Å². The number of benzene rings is 1. The van der Waals surface area contributed by atoms with Crippen LogP contribution in [0.4, 0.5) is 10.3 Å². The molecule has 0 saturated heterocycles. The molecule has 0 spiro atoms. The second-order valence-electron chi connectivity index (χ2n) is 6.06. The molecule has 3 N–H and O–H groups in total. The number of fused-ring (bicyclic) bond motifs is 1. The molecule has 4 aromatic rings. The molecule has 4 rings (SSSR count). The molecule has 0 aliphatic heterocycles. The molecule has 0 aliphatic rings. The molecule has 3 aromatic heterocycles. The number of aryl methyl sites for hydroxylation is 1. The molecule has 0 bridgehead atoms. The van der Waals surface area contributed by atoms with Gasteiger partial charge in [0.1, 0.15) is 22.0 Å². The van der Waals surface area contributed by atoms with Crippen molar-refractivity contribution in [2.24, 2.45) is 0 Å². The van der Waals surface area contributed by atoms with Gasteiger partial charge in [-0.3, -0.25) is 4.79 Å². The quantitative estimate of drug-likeness (QED) is 0.551. The standard InChI is InChI=1S/C19H15FN6OS/c1-10-9-28-18(23-10)14-7-2-4-11(24-14)8-22-17(27)16-12-5-3-6-13(20)15(12)25-19(21)26-16/h2-7,9H,8H2,1H3,(H,22,27)(H2,21,25,26). The fourth-order valence-electron chi connectivity index (χ4n) is 2.73. The van der Waals surface area contributed by atoms with Crippen molar-refractivity contribution in [2.75, 3.05) is 5.73 Å². The predicted octanol–water partition coefficient (Wildman–Crippen LogP) is 3.11. The highest BCUT2D eigenvalue weighted by Gasteiger charge is 2.16. The minimum Gasteiger partial charge on any atom is -0.368 e. The van der Waals surface area contributed by atoms with Crippen LogP contribution in [0, 0.1) is 12.7 Å². The van der Waals surface area contributed by atoms with Crippen molar-refractivity contribution < 1.29 is 9.18 Å². The molecule has 0 atom stereocenters. The minimum absolute atomic E-state index is 0.0133. The molecule has 140 valence electrons. The van der Waals surface area contributed by atoms with Gasteiger partial charge in [0, 0.05) is 16.5 Å². The zero-order chi connectivity index (χ0) is 19.7. The molecule has 1 aromatic carbocycles. The molecule has 0 radical (unpaired) electrons. The molecule has 7 nitrogen and oxygen atoms in total. The van der Waals surface area contributed by atoms with E-state index in [0.717, 1.165) is 16.4 Å². The average Bonchev–Trinajstić information content (AvgIpc) is 3.13. The van der Waals surface area contributed by atoms with E-state index in [1.807, 2.05) is 24.4 Å². The van der Waals surface area contributed by atoms with Crippen LogP contribution in [-0.2, 0) is 6.54 Å². The Morgan fingerprint density at radius 2 is 1.96 bits per heavy atom. The number of thiazole rings is 1. The van der Waals surface area contributed by atoms with Crippen LogP contribution in [0.5, 0.6) is 0 Å². The number of para-hydroxylation sites is 1. The Hall–Kier alpha value is -3.46. The van der Waals surface area contributed by atoms with E-state index < -0.39 is 11.7 Å². The van der Waals surface area contributed by atoms with Gasteiger partial charge < -0.3 is 11.1 Å². The molecular weight excluding hydrogens is 379 g/mol. The average molecular weight is 394 g/mol. The van der Waals surface area contributed by atoms with E-state index in [9.17, 15) is 9.18 Å². The number of nitrogens with two attached hydrogens (primary N) is 1. The Bertz CT molecular complexity index is 1190. The summed E-state index contributed by atoms with van der Waals surface area (Å²) in [5.41, 5.74) is 8.01. The van der Waals surface area contributed by atoms with Gasteiger partial charge in [0.15, 0.2) is 0 Å².